The zero-order valence-corrected chi connectivity index (χ0v) is 25.2. The van der Waals surface area contributed by atoms with Crippen molar-refractivity contribution in [2.45, 2.75) is 64.8 Å². The van der Waals surface area contributed by atoms with Gasteiger partial charge < -0.3 is 14.2 Å². The van der Waals surface area contributed by atoms with Gasteiger partial charge in [0.1, 0.15) is 16.5 Å². The molecule has 0 bridgehead atoms. The molecule has 0 saturated heterocycles. The van der Waals surface area contributed by atoms with Crippen molar-refractivity contribution in [3.63, 3.8) is 0 Å². The number of aliphatic carboxylic acids is 1. The van der Waals surface area contributed by atoms with E-state index < -0.39 is 22.4 Å². The molecule has 43 heavy (non-hydrogen) atoms. The van der Waals surface area contributed by atoms with Crippen LogP contribution in [0.2, 0.25) is 0 Å². The van der Waals surface area contributed by atoms with Gasteiger partial charge in [0.2, 0.25) is 0 Å². The highest BCUT2D eigenvalue weighted by Crippen LogP contribution is 2.30. The fourth-order valence-corrected chi connectivity index (χ4v) is 6.38. The second-order valence-electron chi connectivity index (χ2n) is 10.5. The molecule has 0 fully saturated rings. The molecule has 3 aromatic heterocycles. The van der Waals surface area contributed by atoms with Gasteiger partial charge in [0.15, 0.2) is 5.82 Å². The Morgan fingerprint density at radius 2 is 1.79 bits per heavy atom. The topological polar surface area (TPSA) is 149 Å². The maximum Gasteiger partial charge on any atom is 0.308 e. The zero-order chi connectivity index (χ0) is 30.9. The molecule has 2 aromatic carbocycles. The van der Waals surface area contributed by atoms with Gasteiger partial charge in [0, 0.05) is 34.8 Å². The predicted molar refractivity (Wildman–Crippen MR) is 162 cm³/mol. The Hall–Kier alpha value is -4.71. The van der Waals surface area contributed by atoms with Crippen molar-refractivity contribution in [3.05, 3.63) is 99.1 Å². The molecule has 0 radical (unpaired) electrons. The van der Waals surface area contributed by atoms with Crippen LogP contribution in [0.5, 0.6) is 0 Å². The van der Waals surface area contributed by atoms with E-state index >= 15 is 0 Å². The van der Waals surface area contributed by atoms with Gasteiger partial charge in [-0.05, 0) is 51.0 Å². The Bertz CT molecular complexity index is 2000. The van der Waals surface area contributed by atoms with Crippen LogP contribution in [0, 0.1) is 20.8 Å². The van der Waals surface area contributed by atoms with Crippen molar-refractivity contribution in [2.75, 3.05) is 4.72 Å². The Balaban J connectivity index is 1.65. The minimum Gasteiger partial charge on any atom is -0.481 e. The lowest BCUT2D eigenvalue weighted by Crippen LogP contribution is -2.31. The van der Waals surface area contributed by atoms with Gasteiger partial charge in [-0.25, -0.2) is 13.4 Å². The number of hydrogen-bond acceptors (Lipinski definition) is 7. The number of aromatic nitrogens is 4. The van der Waals surface area contributed by atoms with Crippen LogP contribution < -0.4 is 10.3 Å². The lowest BCUT2D eigenvalue weighted by molar-refractivity contribution is -0.136. The van der Waals surface area contributed by atoms with E-state index in [1.807, 2.05) is 37.4 Å². The third-order valence-electron chi connectivity index (χ3n) is 7.56. The third kappa shape index (κ3) is 5.82. The smallest absolute Gasteiger partial charge is 0.308 e. The molecule has 0 aliphatic rings. The summed E-state index contributed by atoms with van der Waals surface area (Å²) in [7, 11) is -4.08. The number of fused-ring (bicyclic) bond motifs is 1. The van der Waals surface area contributed by atoms with E-state index in [2.05, 4.69) is 14.9 Å². The van der Waals surface area contributed by atoms with Crippen LogP contribution >= 0.6 is 0 Å². The predicted octanol–water partition coefficient (Wildman–Crippen LogP) is 4.92. The standard InChI is InChI=1S/C31H33N5O6S/c1-5-6-15-28-32-20(3)24(16-29(37)38)31(39)36(28)18-22-17-35(25-12-8-7-11-23(22)25)26-13-9-10-14-27(26)43(40,41)34-30-19(2)21(4)42-33-30/h7-14,17H,5-6,15-16,18H2,1-4H3,(H,33,34)(H,37,38). The summed E-state index contributed by atoms with van der Waals surface area (Å²) in [6.45, 7) is 7.27. The van der Waals surface area contributed by atoms with Gasteiger partial charge in [-0.15, -0.1) is 0 Å². The summed E-state index contributed by atoms with van der Waals surface area (Å²) < 4.78 is 38.3. The van der Waals surface area contributed by atoms with Gasteiger partial charge >= 0.3 is 5.97 Å². The minimum atomic E-state index is -4.08. The summed E-state index contributed by atoms with van der Waals surface area (Å²) in [5.41, 5.74) is 2.67. The number of rotatable bonds is 11. The Morgan fingerprint density at radius 1 is 1.07 bits per heavy atom. The first-order chi connectivity index (χ1) is 20.5. The van der Waals surface area contributed by atoms with E-state index in [1.165, 1.54) is 6.07 Å². The summed E-state index contributed by atoms with van der Waals surface area (Å²) in [5.74, 6) is 0.112. The lowest BCUT2D eigenvalue weighted by Gasteiger charge is -2.15. The van der Waals surface area contributed by atoms with Crippen molar-refractivity contribution in [2.24, 2.45) is 0 Å². The molecule has 0 spiro atoms. The Labute approximate surface area is 248 Å². The summed E-state index contributed by atoms with van der Waals surface area (Å²) in [5, 5.41) is 14.1. The number of hydrogen-bond donors (Lipinski definition) is 2. The molecule has 224 valence electrons. The highest BCUT2D eigenvalue weighted by molar-refractivity contribution is 7.92. The number of para-hydroxylation sites is 2. The largest absolute Gasteiger partial charge is 0.481 e. The van der Waals surface area contributed by atoms with Crippen LogP contribution in [-0.4, -0.2) is 38.8 Å². The van der Waals surface area contributed by atoms with Gasteiger partial charge in [-0.3, -0.25) is 18.9 Å². The number of sulfonamides is 1. The third-order valence-corrected chi connectivity index (χ3v) is 8.94. The van der Waals surface area contributed by atoms with E-state index in [0.717, 1.165) is 29.3 Å². The molecule has 0 amide bonds. The van der Waals surface area contributed by atoms with Crippen LogP contribution in [0.3, 0.4) is 0 Å². The quantitative estimate of drug-likeness (QED) is 0.216. The SMILES string of the molecule is CCCCc1nc(C)c(CC(=O)O)c(=O)n1Cc1cn(-c2ccccc2S(=O)(=O)Nc2noc(C)c2C)c2ccccc12. The molecule has 11 nitrogen and oxygen atoms in total. The number of unbranched alkanes of at least 4 members (excludes halogenated alkanes) is 1. The number of aryl methyl sites for hydroxylation is 3. The summed E-state index contributed by atoms with van der Waals surface area (Å²) in [4.78, 5) is 29.9. The van der Waals surface area contributed by atoms with Crippen LogP contribution in [-0.2, 0) is 34.2 Å². The summed E-state index contributed by atoms with van der Waals surface area (Å²) in [6.07, 6.45) is 3.67. The van der Waals surface area contributed by atoms with Gasteiger partial charge in [-0.2, -0.15) is 0 Å². The molecule has 0 aliphatic heterocycles. The molecule has 2 N–H and O–H groups in total. The Morgan fingerprint density at radius 3 is 2.49 bits per heavy atom. The average molecular weight is 604 g/mol. The summed E-state index contributed by atoms with van der Waals surface area (Å²) in [6, 6.07) is 14.2. The molecule has 12 heteroatoms. The van der Waals surface area contributed by atoms with Crippen LogP contribution in [0.15, 0.2) is 68.9 Å². The van der Waals surface area contributed by atoms with Crippen LogP contribution in [0.25, 0.3) is 16.6 Å². The van der Waals surface area contributed by atoms with E-state index in [-0.39, 0.29) is 28.4 Å². The fourth-order valence-electron chi connectivity index (χ4n) is 5.12. The molecule has 0 aliphatic carbocycles. The number of carboxylic acid groups (broad SMARTS) is 1. The van der Waals surface area contributed by atoms with Gasteiger partial charge in [0.05, 0.1) is 24.2 Å². The maximum absolute atomic E-state index is 13.7. The van der Waals surface area contributed by atoms with Crippen molar-refractivity contribution < 1.29 is 22.8 Å². The van der Waals surface area contributed by atoms with E-state index in [9.17, 15) is 23.1 Å². The van der Waals surface area contributed by atoms with Crippen LogP contribution in [0.4, 0.5) is 5.82 Å². The van der Waals surface area contributed by atoms with Gasteiger partial charge in [-0.1, -0.05) is 48.8 Å². The monoisotopic (exact) mass is 603 g/mol. The van der Waals surface area contributed by atoms with Gasteiger partial charge in [0.25, 0.3) is 15.6 Å². The maximum atomic E-state index is 13.7. The van der Waals surface area contributed by atoms with Crippen molar-refractivity contribution >= 4 is 32.7 Å². The highest BCUT2D eigenvalue weighted by atomic mass is 32.2. The first-order valence-electron chi connectivity index (χ1n) is 14.0. The number of nitrogens with one attached hydrogen (secondary N) is 1. The lowest BCUT2D eigenvalue weighted by atomic mass is 10.1. The first kappa shape index (κ1) is 29.8. The van der Waals surface area contributed by atoms with E-state index in [1.54, 1.807) is 48.1 Å². The first-order valence-corrected chi connectivity index (χ1v) is 15.4. The van der Waals surface area contributed by atoms with Crippen molar-refractivity contribution in [1.82, 2.24) is 19.3 Å². The molecule has 0 atom stereocenters. The van der Waals surface area contributed by atoms with E-state index in [0.29, 0.717) is 35.0 Å². The van der Waals surface area contributed by atoms with E-state index in [4.69, 9.17) is 4.52 Å². The molecule has 5 rings (SSSR count). The molecule has 0 saturated carbocycles. The normalized spacial score (nSPS) is 11.7. The summed E-state index contributed by atoms with van der Waals surface area (Å²) >= 11 is 0. The molecule has 5 aromatic rings. The fraction of sp³-hybridized carbons (Fsp3) is 0.290. The number of nitrogens with zero attached hydrogens (tertiary/aromatic N) is 4. The number of carboxylic acids is 1. The van der Waals surface area contributed by atoms with Crippen LogP contribution in [0.1, 0.15) is 53.7 Å². The number of carbonyl (C=O) groups is 1. The van der Waals surface area contributed by atoms with Crippen molar-refractivity contribution in [1.29, 1.82) is 0 Å². The zero-order valence-electron chi connectivity index (χ0n) is 24.4. The molecule has 0 unspecified atom stereocenters. The number of anilines is 1. The minimum absolute atomic E-state index is 0.0314. The number of benzene rings is 2. The Kier molecular flexibility index (Phi) is 8.23. The molecular formula is C31H33N5O6S. The average Bonchev–Trinajstić information content (AvgIpc) is 3.50. The second kappa shape index (κ2) is 11.9. The second-order valence-corrected chi connectivity index (χ2v) is 12.1. The highest BCUT2D eigenvalue weighted by Gasteiger charge is 2.24. The van der Waals surface area contributed by atoms with Crippen molar-refractivity contribution in [3.8, 4) is 5.69 Å². The molecule has 3 heterocycles. The molecular weight excluding hydrogens is 570 g/mol.